The molecule has 2 nitrogen and oxygen atoms in total. The molecule has 0 N–H and O–H groups in total. The summed E-state index contributed by atoms with van der Waals surface area (Å²) in [5, 5.41) is 8.74. The molecule has 2 aromatic rings. The van der Waals surface area contributed by atoms with Crippen LogP contribution < -0.4 is 4.74 Å². The number of halogens is 1. The Labute approximate surface area is 129 Å². The van der Waals surface area contributed by atoms with Crippen LogP contribution in [0.2, 0.25) is 0 Å². The maximum atomic E-state index is 8.74. The maximum Gasteiger partial charge on any atom is 0.119 e. The van der Waals surface area contributed by atoms with Gasteiger partial charge in [-0.05, 0) is 42.0 Å². The van der Waals surface area contributed by atoms with E-state index >= 15 is 0 Å². The van der Waals surface area contributed by atoms with Crippen molar-refractivity contribution in [1.29, 1.82) is 5.26 Å². The monoisotopic (exact) mass is 295 g/mol. The number of nitriles is 1. The van der Waals surface area contributed by atoms with Gasteiger partial charge < -0.3 is 4.74 Å². The summed E-state index contributed by atoms with van der Waals surface area (Å²) in [7, 11) is 0. The van der Waals surface area contributed by atoms with Crippen LogP contribution in [0.3, 0.4) is 0 Å². The number of rotatable bonds is 4. The fourth-order valence-corrected chi connectivity index (χ4v) is 1.78. The Morgan fingerprint density at radius 3 is 2.24 bits per heavy atom. The highest BCUT2D eigenvalue weighted by Crippen LogP contribution is 2.14. The fourth-order valence-electron chi connectivity index (χ4n) is 1.69. The third kappa shape index (κ3) is 4.88. The minimum atomic E-state index is 0.475. The molecule has 0 aliphatic carbocycles. The van der Waals surface area contributed by atoms with Crippen molar-refractivity contribution in [3.8, 4) is 23.7 Å². The number of benzene rings is 2. The van der Waals surface area contributed by atoms with Crippen molar-refractivity contribution in [2.75, 3.05) is 5.88 Å². The van der Waals surface area contributed by atoms with Gasteiger partial charge in [0.05, 0.1) is 11.6 Å². The van der Waals surface area contributed by atoms with Crippen LogP contribution in [0.4, 0.5) is 0 Å². The summed E-state index contributed by atoms with van der Waals surface area (Å²) in [5.41, 5.74) is 2.63. The lowest BCUT2D eigenvalue weighted by Gasteiger charge is -2.06. The molecule has 3 heteroatoms. The van der Waals surface area contributed by atoms with Gasteiger partial charge in [0.2, 0.25) is 0 Å². The number of hydrogen-bond donors (Lipinski definition) is 0. The molecular formula is C18H14ClNO. The zero-order valence-corrected chi connectivity index (χ0v) is 12.2. The van der Waals surface area contributed by atoms with Gasteiger partial charge >= 0.3 is 0 Å². The highest BCUT2D eigenvalue weighted by molar-refractivity contribution is 6.18. The van der Waals surface area contributed by atoms with E-state index in [9.17, 15) is 0 Å². The third-order valence-corrected chi connectivity index (χ3v) is 2.98. The molecule has 0 saturated carbocycles. The van der Waals surface area contributed by atoms with Crippen LogP contribution in [-0.2, 0) is 6.61 Å². The molecule has 0 unspecified atom stereocenters. The largest absolute Gasteiger partial charge is 0.489 e. The van der Waals surface area contributed by atoms with E-state index in [4.69, 9.17) is 21.6 Å². The van der Waals surface area contributed by atoms with Gasteiger partial charge in [0.1, 0.15) is 12.4 Å². The second kappa shape index (κ2) is 8.00. The Bertz CT molecular complexity index is 672. The van der Waals surface area contributed by atoms with Crippen molar-refractivity contribution in [3.05, 3.63) is 65.2 Å². The van der Waals surface area contributed by atoms with E-state index in [1.807, 2.05) is 36.4 Å². The Balaban J connectivity index is 1.91. The van der Waals surface area contributed by atoms with Gasteiger partial charge in [-0.3, -0.25) is 0 Å². The molecule has 0 aliphatic rings. The normalized spacial score (nSPS) is 9.33. The van der Waals surface area contributed by atoms with Crippen molar-refractivity contribution < 1.29 is 4.74 Å². The van der Waals surface area contributed by atoms with Crippen LogP contribution in [-0.4, -0.2) is 5.88 Å². The van der Waals surface area contributed by atoms with E-state index in [1.54, 1.807) is 12.1 Å². The van der Waals surface area contributed by atoms with Crippen molar-refractivity contribution in [3.63, 3.8) is 0 Å². The van der Waals surface area contributed by atoms with Crippen molar-refractivity contribution >= 4 is 11.6 Å². The third-order valence-electron chi connectivity index (χ3n) is 2.80. The summed E-state index contributed by atoms with van der Waals surface area (Å²) < 4.78 is 5.69. The number of ether oxygens (including phenoxy) is 1. The molecule has 0 aromatic heterocycles. The molecule has 0 amide bonds. The highest BCUT2D eigenvalue weighted by Gasteiger charge is 1.97. The summed E-state index contributed by atoms with van der Waals surface area (Å²) in [6.45, 7) is 0.475. The van der Waals surface area contributed by atoms with E-state index in [-0.39, 0.29) is 0 Å². The fraction of sp³-hybridized carbons (Fsp3) is 0.167. The van der Waals surface area contributed by atoms with Gasteiger partial charge in [0.25, 0.3) is 0 Å². The van der Waals surface area contributed by atoms with E-state index in [1.165, 1.54) is 0 Å². The number of nitrogens with zero attached hydrogens (tertiary/aromatic N) is 1. The van der Waals surface area contributed by atoms with Gasteiger partial charge in [0, 0.05) is 17.9 Å². The molecule has 0 aliphatic heterocycles. The quantitative estimate of drug-likeness (QED) is 0.628. The minimum absolute atomic E-state index is 0.475. The first-order valence-electron chi connectivity index (χ1n) is 6.58. The smallest absolute Gasteiger partial charge is 0.119 e. The Morgan fingerprint density at radius 1 is 0.952 bits per heavy atom. The van der Waals surface area contributed by atoms with Gasteiger partial charge in [-0.25, -0.2) is 0 Å². The molecule has 0 radical (unpaired) electrons. The van der Waals surface area contributed by atoms with E-state index < -0.39 is 0 Å². The van der Waals surface area contributed by atoms with Crippen LogP contribution in [0.25, 0.3) is 0 Å². The van der Waals surface area contributed by atoms with E-state index in [0.717, 1.165) is 16.9 Å². The topological polar surface area (TPSA) is 33.0 Å². The van der Waals surface area contributed by atoms with Crippen molar-refractivity contribution in [1.82, 2.24) is 0 Å². The van der Waals surface area contributed by atoms with Gasteiger partial charge in [-0.2, -0.15) is 5.26 Å². The van der Waals surface area contributed by atoms with Crippen LogP contribution in [0, 0.1) is 23.2 Å². The summed E-state index contributed by atoms with van der Waals surface area (Å²) in [6, 6.07) is 17.1. The Morgan fingerprint density at radius 2 is 1.62 bits per heavy atom. The van der Waals surface area contributed by atoms with E-state index in [0.29, 0.717) is 24.5 Å². The minimum Gasteiger partial charge on any atom is -0.489 e. The summed E-state index contributed by atoms with van der Waals surface area (Å²) in [6.07, 6.45) is 0.693. The zero-order valence-electron chi connectivity index (χ0n) is 11.5. The average molecular weight is 296 g/mol. The van der Waals surface area contributed by atoms with Crippen LogP contribution in [0.5, 0.6) is 5.75 Å². The standard InChI is InChI=1S/C18H14ClNO/c19-12-2-1-3-15-8-10-18(11-9-15)21-14-17-6-4-16(13-20)5-7-17/h4-11H,2,12,14H2. The first kappa shape index (κ1) is 15.0. The molecule has 21 heavy (non-hydrogen) atoms. The molecule has 104 valence electrons. The Hall–Kier alpha value is -2.42. The lowest BCUT2D eigenvalue weighted by molar-refractivity contribution is 0.306. The van der Waals surface area contributed by atoms with Crippen LogP contribution in [0.15, 0.2) is 48.5 Å². The van der Waals surface area contributed by atoms with Crippen molar-refractivity contribution in [2.45, 2.75) is 13.0 Å². The molecule has 0 saturated heterocycles. The predicted octanol–water partition coefficient (Wildman–Crippen LogP) is 4.12. The predicted molar refractivity (Wildman–Crippen MR) is 84.1 cm³/mol. The molecule has 0 spiro atoms. The summed E-state index contributed by atoms with van der Waals surface area (Å²) in [5.74, 6) is 7.38. The average Bonchev–Trinajstić information content (AvgIpc) is 2.55. The maximum absolute atomic E-state index is 8.74. The second-order valence-corrected chi connectivity index (χ2v) is 4.74. The number of hydrogen-bond acceptors (Lipinski definition) is 2. The molecule has 0 heterocycles. The summed E-state index contributed by atoms with van der Waals surface area (Å²) in [4.78, 5) is 0. The molecular weight excluding hydrogens is 282 g/mol. The van der Waals surface area contributed by atoms with Crippen molar-refractivity contribution in [2.24, 2.45) is 0 Å². The molecule has 2 aromatic carbocycles. The number of alkyl halides is 1. The molecule has 0 atom stereocenters. The molecule has 0 fully saturated rings. The lowest BCUT2D eigenvalue weighted by atomic mass is 10.1. The van der Waals surface area contributed by atoms with Gasteiger partial charge in [-0.1, -0.05) is 24.0 Å². The van der Waals surface area contributed by atoms with E-state index in [2.05, 4.69) is 17.9 Å². The molecule has 2 rings (SSSR count). The first-order chi connectivity index (χ1) is 10.3. The molecule has 0 bridgehead atoms. The zero-order chi connectivity index (χ0) is 14.9. The van der Waals surface area contributed by atoms with Crippen LogP contribution in [0.1, 0.15) is 23.1 Å². The SMILES string of the molecule is N#Cc1ccc(COc2ccc(C#CCCCl)cc2)cc1. The highest BCUT2D eigenvalue weighted by atomic mass is 35.5. The van der Waals surface area contributed by atoms with Crippen LogP contribution >= 0.6 is 11.6 Å². The van der Waals surface area contributed by atoms with Gasteiger partial charge in [-0.15, -0.1) is 11.6 Å². The first-order valence-corrected chi connectivity index (χ1v) is 7.12. The van der Waals surface area contributed by atoms with Gasteiger partial charge in [0.15, 0.2) is 0 Å². The lowest BCUT2D eigenvalue weighted by Crippen LogP contribution is -1.95. The summed E-state index contributed by atoms with van der Waals surface area (Å²) >= 11 is 5.57. The second-order valence-electron chi connectivity index (χ2n) is 4.36. The Kier molecular flexibility index (Phi) is 5.71.